The quantitative estimate of drug-likeness (QED) is 0.437. The van der Waals surface area contributed by atoms with E-state index >= 15 is 0 Å². The third-order valence-electron chi connectivity index (χ3n) is 5.20. The molecule has 0 atom stereocenters. The molecule has 2 aromatic heterocycles. The molecule has 0 aliphatic heterocycles. The van der Waals surface area contributed by atoms with Crippen molar-refractivity contribution in [2.45, 2.75) is 51.9 Å². The molecule has 0 radical (unpaired) electrons. The van der Waals surface area contributed by atoms with Crippen LogP contribution in [0.2, 0.25) is 0 Å². The zero-order valence-corrected chi connectivity index (χ0v) is 17.4. The molecule has 0 fully saturated rings. The van der Waals surface area contributed by atoms with Crippen LogP contribution in [-0.2, 0) is 17.3 Å². The minimum atomic E-state index is 0.0181. The lowest BCUT2D eigenvalue weighted by Crippen LogP contribution is -2.20. The SMILES string of the molecule is CC(C)(C)c1ccc2cc(CC(C)(C)c3ccc4nsnc4c3)ccc2n1. The van der Waals surface area contributed by atoms with Gasteiger partial charge >= 0.3 is 0 Å². The van der Waals surface area contributed by atoms with Crippen LogP contribution in [0.4, 0.5) is 0 Å². The molecule has 0 N–H and O–H groups in total. The number of benzene rings is 2. The third kappa shape index (κ3) is 3.59. The average Bonchev–Trinajstić information content (AvgIpc) is 3.08. The van der Waals surface area contributed by atoms with E-state index < -0.39 is 0 Å². The van der Waals surface area contributed by atoms with Crippen molar-refractivity contribution in [1.82, 2.24) is 13.7 Å². The summed E-state index contributed by atoms with van der Waals surface area (Å²) in [6, 6.07) is 17.4. The minimum Gasteiger partial charge on any atom is -0.252 e. The molecule has 3 nitrogen and oxygen atoms in total. The van der Waals surface area contributed by atoms with Crippen LogP contribution in [0.25, 0.3) is 21.9 Å². The molecule has 0 saturated heterocycles. The first-order valence-electron chi connectivity index (χ1n) is 9.35. The van der Waals surface area contributed by atoms with E-state index in [1.165, 1.54) is 28.2 Å². The van der Waals surface area contributed by atoms with Gasteiger partial charge in [-0.2, -0.15) is 8.75 Å². The Morgan fingerprint density at radius 3 is 2.30 bits per heavy atom. The van der Waals surface area contributed by atoms with E-state index in [-0.39, 0.29) is 10.8 Å². The highest BCUT2D eigenvalue weighted by molar-refractivity contribution is 7.00. The standard InChI is InChI=1S/C23H25N3S/c1-22(2,3)21-11-7-16-12-15(6-9-18(16)24-21)14-23(4,5)17-8-10-19-20(13-17)26-27-25-19/h6-13H,14H2,1-5H3. The van der Waals surface area contributed by atoms with Crippen molar-refractivity contribution in [3.63, 3.8) is 0 Å². The molecule has 0 aliphatic carbocycles. The van der Waals surface area contributed by atoms with Gasteiger partial charge in [-0.15, -0.1) is 0 Å². The maximum atomic E-state index is 4.86. The lowest BCUT2D eigenvalue weighted by atomic mass is 9.79. The van der Waals surface area contributed by atoms with Gasteiger partial charge in [-0.1, -0.05) is 52.8 Å². The van der Waals surface area contributed by atoms with Gasteiger partial charge in [-0.3, -0.25) is 4.98 Å². The van der Waals surface area contributed by atoms with Crippen LogP contribution in [-0.4, -0.2) is 13.7 Å². The van der Waals surface area contributed by atoms with Crippen LogP contribution in [0.5, 0.6) is 0 Å². The first-order chi connectivity index (χ1) is 12.7. The summed E-state index contributed by atoms with van der Waals surface area (Å²) in [7, 11) is 0. The Labute approximate surface area is 164 Å². The second kappa shape index (κ2) is 6.38. The number of aromatic nitrogens is 3. The Morgan fingerprint density at radius 2 is 1.52 bits per heavy atom. The molecular formula is C23H25N3S. The van der Waals surface area contributed by atoms with Crippen LogP contribution in [0.1, 0.15) is 51.4 Å². The number of hydrogen-bond acceptors (Lipinski definition) is 4. The number of fused-ring (bicyclic) bond motifs is 2. The molecule has 4 rings (SSSR count). The fraction of sp³-hybridized carbons (Fsp3) is 0.348. The molecule has 4 aromatic rings. The summed E-state index contributed by atoms with van der Waals surface area (Å²) in [6.07, 6.45) is 0.965. The molecule has 0 amide bonds. The van der Waals surface area contributed by atoms with Crippen molar-refractivity contribution in [3.05, 3.63) is 65.4 Å². The van der Waals surface area contributed by atoms with Gasteiger partial charge in [0.25, 0.3) is 0 Å². The maximum absolute atomic E-state index is 4.86. The van der Waals surface area contributed by atoms with Gasteiger partial charge in [0, 0.05) is 16.5 Å². The summed E-state index contributed by atoms with van der Waals surface area (Å²) >= 11 is 1.27. The Bertz CT molecular complexity index is 1120. The van der Waals surface area contributed by atoms with E-state index in [9.17, 15) is 0 Å². The lowest BCUT2D eigenvalue weighted by molar-refractivity contribution is 0.523. The second-order valence-electron chi connectivity index (χ2n) is 9.00. The molecule has 0 bridgehead atoms. The third-order valence-corrected chi connectivity index (χ3v) is 5.76. The number of pyridine rings is 1. The fourth-order valence-corrected chi connectivity index (χ4v) is 4.04. The summed E-state index contributed by atoms with van der Waals surface area (Å²) < 4.78 is 8.70. The molecular weight excluding hydrogens is 350 g/mol. The second-order valence-corrected chi connectivity index (χ2v) is 9.53. The number of hydrogen-bond donors (Lipinski definition) is 0. The van der Waals surface area contributed by atoms with Crippen molar-refractivity contribution in [1.29, 1.82) is 0 Å². The predicted octanol–water partition coefficient (Wildman–Crippen LogP) is 6.06. The molecule has 0 aliphatic rings. The largest absolute Gasteiger partial charge is 0.252 e. The maximum Gasteiger partial charge on any atom is 0.105 e. The van der Waals surface area contributed by atoms with E-state index in [4.69, 9.17) is 4.98 Å². The summed E-state index contributed by atoms with van der Waals surface area (Å²) in [5.74, 6) is 0. The van der Waals surface area contributed by atoms with Gasteiger partial charge in [-0.05, 0) is 53.3 Å². The van der Waals surface area contributed by atoms with Gasteiger partial charge in [0.05, 0.1) is 17.2 Å². The van der Waals surface area contributed by atoms with Gasteiger partial charge in [0.15, 0.2) is 0 Å². The molecule has 0 spiro atoms. The van der Waals surface area contributed by atoms with E-state index in [1.54, 1.807) is 0 Å². The average molecular weight is 376 g/mol. The highest BCUT2D eigenvalue weighted by atomic mass is 32.1. The molecule has 138 valence electrons. The van der Waals surface area contributed by atoms with Crippen LogP contribution in [0, 0.1) is 0 Å². The van der Waals surface area contributed by atoms with Crippen molar-refractivity contribution in [3.8, 4) is 0 Å². The number of rotatable bonds is 3. The van der Waals surface area contributed by atoms with Crippen molar-refractivity contribution >= 4 is 33.7 Å². The molecule has 2 aromatic carbocycles. The Kier molecular flexibility index (Phi) is 4.26. The van der Waals surface area contributed by atoms with Gasteiger partial charge in [0.1, 0.15) is 11.0 Å². The summed E-state index contributed by atoms with van der Waals surface area (Å²) in [5.41, 5.74) is 6.88. The molecule has 2 heterocycles. The van der Waals surface area contributed by atoms with Crippen LogP contribution >= 0.6 is 11.7 Å². The first kappa shape index (κ1) is 18.1. The highest BCUT2D eigenvalue weighted by Gasteiger charge is 2.22. The zero-order chi connectivity index (χ0) is 19.2. The normalized spacial score (nSPS) is 12.8. The van der Waals surface area contributed by atoms with Crippen LogP contribution < -0.4 is 0 Å². The molecule has 27 heavy (non-hydrogen) atoms. The van der Waals surface area contributed by atoms with E-state index in [0.29, 0.717) is 0 Å². The summed E-state index contributed by atoms with van der Waals surface area (Å²) in [4.78, 5) is 4.86. The van der Waals surface area contributed by atoms with Gasteiger partial charge in [-0.25, -0.2) is 0 Å². The summed E-state index contributed by atoms with van der Waals surface area (Å²) in [5, 5.41) is 1.20. The lowest BCUT2D eigenvalue weighted by Gasteiger charge is -2.25. The van der Waals surface area contributed by atoms with Crippen LogP contribution in [0.15, 0.2) is 48.5 Å². The van der Waals surface area contributed by atoms with Crippen molar-refractivity contribution in [2.75, 3.05) is 0 Å². The van der Waals surface area contributed by atoms with E-state index in [2.05, 4.69) is 91.9 Å². The van der Waals surface area contributed by atoms with Gasteiger partial charge in [0.2, 0.25) is 0 Å². The van der Waals surface area contributed by atoms with Crippen molar-refractivity contribution < 1.29 is 0 Å². The monoisotopic (exact) mass is 375 g/mol. The van der Waals surface area contributed by atoms with E-state index in [1.807, 2.05) is 0 Å². The molecule has 0 unspecified atom stereocenters. The number of nitrogens with zero attached hydrogens (tertiary/aromatic N) is 3. The van der Waals surface area contributed by atoms with Gasteiger partial charge < -0.3 is 0 Å². The van der Waals surface area contributed by atoms with Crippen LogP contribution in [0.3, 0.4) is 0 Å². The predicted molar refractivity (Wildman–Crippen MR) is 115 cm³/mol. The highest BCUT2D eigenvalue weighted by Crippen LogP contribution is 2.31. The smallest absolute Gasteiger partial charge is 0.105 e. The van der Waals surface area contributed by atoms with Crippen molar-refractivity contribution in [2.24, 2.45) is 0 Å². The fourth-order valence-electron chi connectivity index (χ4n) is 3.52. The Balaban J connectivity index is 1.65. The summed E-state index contributed by atoms with van der Waals surface area (Å²) in [6.45, 7) is 11.2. The first-order valence-corrected chi connectivity index (χ1v) is 10.1. The van der Waals surface area contributed by atoms with E-state index in [0.717, 1.165) is 28.7 Å². The minimum absolute atomic E-state index is 0.0181. The Hall–Kier alpha value is -2.33. The molecule has 0 saturated carbocycles. The molecule has 4 heteroatoms. The topological polar surface area (TPSA) is 38.7 Å². The zero-order valence-electron chi connectivity index (χ0n) is 16.6. The Morgan fingerprint density at radius 1 is 0.778 bits per heavy atom.